The molecule has 0 aliphatic carbocycles. The van der Waals surface area contributed by atoms with E-state index in [0.717, 1.165) is 13.0 Å². The van der Waals surface area contributed by atoms with Gasteiger partial charge in [0.2, 0.25) is 0 Å². The van der Waals surface area contributed by atoms with E-state index < -0.39 is 5.60 Å². The molecule has 0 aromatic heterocycles. The van der Waals surface area contributed by atoms with Gasteiger partial charge < -0.3 is 10.1 Å². The number of nitrogens with zero attached hydrogens (tertiary/aromatic N) is 1. The molecule has 1 aliphatic rings. The fraction of sp³-hybridized carbons (Fsp3) is 0.909. The molecular formula is C11H23N3O2. The van der Waals surface area contributed by atoms with Gasteiger partial charge in [0.15, 0.2) is 0 Å². The minimum Gasteiger partial charge on any atom is -0.444 e. The zero-order valence-electron chi connectivity index (χ0n) is 10.6. The van der Waals surface area contributed by atoms with Gasteiger partial charge in [0.1, 0.15) is 5.60 Å². The molecule has 0 bridgehead atoms. The minimum atomic E-state index is -0.452. The molecule has 94 valence electrons. The summed E-state index contributed by atoms with van der Waals surface area (Å²) in [5.41, 5.74) is -0.452. The molecule has 1 heterocycles. The molecule has 16 heavy (non-hydrogen) atoms. The lowest BCUT2D eigenvalue weighted by atomic mass is 9.97. The zero-order valence-corrected chi connectivity index (χ0v) is 10.6. The van der Waals surface area contributed by atoms with Crippen LogP contribution in [-0.4, -0.2) is 35.8 Å². The summed E-state index contributed by atoms with van der Waals surface area (Å²) in [6.07, 6.45) is 0.590. The highest BCUT2D eigenvalue weighted by atomic mass is 16.6. The first-order chi connectivity index (χ1) is 7.26. The molecule has 0 aromatic rings. The number of hydrazine groups is 1. The first-order valence-electron chi connectivity index (χ1n) is 5.75. The first kappa shape index (κ1) is 13.3. The SMILES string of the molecule is C[C@H]1C[C@@H](NC(=O)OC(C)(C)C)CN(N)C1. The van der Waals surface area contributed by atoms with Crippen LogP contribution in [0.1, 0.15) is 34.1 Å². The molecule has 0 unspecified atom stereocenters. The number of carbonyl (C=O) groups is 1. The van der Waals surface area contributed by atoms with Crippen molar-refractivity contribution in [3.8, 4) is 0 Å². The molecule has 5 heteroatoms. The number of carbonyl (C=O) groups excluding carboxylic acids is 1. The van der Waals surface area contributed by atoms with Gasteiger partial charge in [-0.25, -0.2) is 9.80 Å². The lowest BCUT2D eigenvalue weighted by molar-refractivity contribution is 0.0454. The molecule has 0 radical (unpaired) electrons. The Labute approximate surface area is 97.3 Å². The topological polar surface area (TPSA) is 67.6 Å². The molecule has 1 amide bonds. The predicted octanol–water partition coefficient (Wildman–Crippen LogP) is 1.10. The van der Waals surface area contributed by atoms with Crippen molar-refractivity contribution in [1.29, 1.82) is 0 Å². The summed E-state index contributed by atoms with van der Waals surface area (Å²) < 4.78 is 5.20. The van der Waals surface area contributed by atoms with E-state index in [-0.39, 0.29) is 12.1 Å². The maximum Gasteiger partial charge on any atom is 0.407 e. The monoisotopic (exact) mass is 229 g/mol. The molecule has 0 saturated carbocycles. The summed E-state index contributed by atoms with van der Waals surface area (Å²) >= 11 is 0. The van der Waals surface area contributed by atoms with E-state index in [4.69, 9.17) is 10.6 Å². The van der Waals surface area contributed by atoms with Crippen molar-refractivity contribution >= 4 is 6.09 Å². The Bertz CT molecular complexity index is 240. The number of piperidine rings is 1. The van der Waals surface area contributed by atoms with Crippen molar-refractivity contribution in [2.24, 2.45) is 11.8 Å². The van der Waals surface area contributed by atoms with Crippen LogP contribution in [0.15, 0.2) is 0 Å². The number of ether oxygens (including phenoxy) is 1. The lowest BCUT2D eigenvalue weighted by Gasteiger charge is -2.34. The van der Waals surface area contributed by atoms with Crippen molar-refractivity contribution < 1.29 is 9.53 Å². The number of rotatable bonds is 1. The number of nitrogens with two attached hydrogens (primary N) is 1. The Morgan fingerprint density at radius 1 is 1.44 bits per heavy atom. The van der Waals surface area contributed by atoms with Gasteiger partial charge >= 0.3 is 6.09 Å². The molecule has 3 N–H and O–H groups in total. The number of nitrogens with one attached hydrogen (secondary N) is 1. The second-order valence-electron chi connectivity index (χ2n) is 5.64. The molecule has 1 rings (SSSR count). The normalized spacial score (nSPS) is 27.6. The zero-order chi connectivity index (χ0) is 12.3. The summed E-state index contributed by atoms with van der Waals surface area (Å²) in [7, 11) is 0. The average Bonchev–Trinajstić information content (AvgIpc) is 1.96. The molecule has 0 spiro atoms. The van der Waals surface area contributed by atoms with E-state index >= 15 is 0 Å². The summed E-state index contributed by atoms with van der Waals surface area (Å²) in [5.74, 6) is 6.26. The molecule has 1 aliphatic heterocycles. The molecule has 1 saturated heterocycles. The number of hydrogen-bond acceptors (Lipinski definition) is 4. The van der Waals surface area contributed by atoms with Crippen LogP contribution in [0.3, 0.4) is 0 Å². The third-order valence-electron chi connectivity index (χ3n) is 2.41. The Kier molecular flexibility index (Phi) is 4.15. The number of alkyl carbamates (subject to hydrolysis) is 1. The van der Waals surface area contributed by atoms with Gasteiger partial charge in [-0.15, -0.1) is 0 Å². The van der Waals surface area contributed by atoms with Crippen LogP contribution in [0.4, 0.5) is 4.79 Å². The van der Waals surface area contributed by atoms with Crippen molar-refractivity contribution in [2.45, 2.75) is 45.8 Å². The van der Waals surface area contributed by atoms with E-state index in [1.165, 1.54) is 0 Å². The van der Waals surface area contributed by atoms with Gasteiger partial charge in [-0.1, -0.05) is 6.92 Å². The minimum absolute atomic E-state index is 0.0867. The van der Waals surface area contributed by atoms with Gasteiger partial charge in [0.05, 0.1) is 0 Å². The highest BCUT2D eigenvalue weighted by molar-refractivity contribution is 5.68. The largest absolute Gasteiger partial charge is 0.444 e. The van der Waals surface area contributed by atoms with Crippen molar-refractivity contribution in [2.75, 3.05) is 13.1 Å². The third kappa shape index (κ3) is 4.81. The van der Waals surface area contributed by atoms with E-state index in [1.54, 1.807) is 5.01 Å². The Balaban J connectivity index is 2.39. The third-order valence-corrected chi connectivity index (χ3v) is 2.41. The summed E-state index contributed by atoms with van der Waals surface area (Å²) in [5, 5.41) is 4.60. The van der Waals surface area contributed by atoms with E-state index in [2.05, 4.69) is 12.2 Å². The predicted molar refractivity (Wildman–Crippen MR) is 62.7 cm³/mol. The maximum atomic E-state index is 11.5. The number of hydrogen-bond donors (Lipinski definition) is 2. The van der Waals surface area contributed by atoms with Gasteiger partial charge in [-0.2, -0.15) is 0 Å². The van der Waals surface area contributed by atoms with Crippen LogP contribution in [0.5, 0.6) is 0 Å². The highest BCUT2D eigenvalue weighted by Gasteiger charge is 2.26. The van der Waals surface area contributed by atoms with Crippen LogP contribution in [0, 0.1) is 5.92 Å². The van der Waals surface area contributed by atoms with Gasteiger partial charge in [-0.05, 0) is 33.1 Å². The van der Waals surface area contributed by atoms with Gasteiger partial charge in [0, 0.05) is 19.1 Å². The van der Waals surface area contributed by atoms with E-state index in [1.807, 2.05) is 20.8 Å². The van der Waals surface area contributed by atoms with Crippen LogP contribution in [0.25, 0.3) is 0 Å². The van der Waals surface area contributed by atoms with Crippen LogP contribution < -0.4 is 11.2 Å². The Morgan fingerprint density at radius 2 is 2.06 bits per heavy atom. The summed E-state index contributed by atoms with van der Waals surface area (Å²) in [6, 6.07) is 0.0867. The van der Waals surface area contributed by atoms with Crippen molar-refractivity contribution in [1.82, 2.24) is 10.3 Å². The van der Waals surface area contributed by atoms with Crippen molar-refractivity contribution in [3.05, 3.63) is 0 Å². The first-order valence-corrected chi connectivity index (χ1v) is 5.75. The number of amides is 1. The molecular weight excluding hydrogens is 206 g/mol. The fourth-order valence-electron chi connectivity index (χ4n) is 1.97. The maximum absolute atomic E-state index is 11.5. The summed E-state index contributed by atoms with van der Waals surface area (Å²) in [4.78, 5) is 11.5. The van der Waals surface area contributed by atoms with E-state index in [9.17, 15) is 4.79 Å². The van der Waals surface area contributed by atoms with E-state index in [0.29, 0.717) is 12.5 Å². The molecule has 1 fully saturated rings. The Hall–Kier alpha value is -0.810. The summed E-state index contributed by atoms with van der Waals surface area (Å²) in [6.45, 7) is 9.25. The second-order valence-corrected chi connectivity index (χ2v) is 5.64. The second kappa shape index (κ2) is 5.01. The highest BCUT2D eigenvalue weighted by Crippen LogP contribution is 2.14. The Morgan fingerprint density at radius 3 is 2.56 bits per heavy atom. The average molecular weight is 229 g/mol. The smallest absolute Gasteiger partial charge is 0.407 e. The van der Waals surface area contributed by atoms with Gasteiger partial charge in [0.25, 0.3) is 0 Å². The quantitative estimate of drug-likeness (QED) is 0.661. The molecule has 2 atom stereocenters. The molecule has 0 aromatic carbocycles. The van der Waals surface area contributed by atoms with Crippen LogP contribution in [0.2, 0.25) is 0 Å². The fourth-order valence-corrected chi connectivity index (χ4v) is 1.97. The lowest BCUT2D eigenvalue weighted by Crippen LogP contribution is -2.53. The van der Waals surface area contributed by atoms with Gasteiger partial charge in [-0.3, -0.25) is 5.84 Å². The standard InChI is InChI=1S/C11H23N3O2/c1-8-5-9(7-14(12)6-8)13-10(15)16-11(2,3)4/h8-9H,5-7,12H2,1-4H3,(H,13,15)/t8-,9+/m0/s1. The van der Waals surface area contributed by atoms with Crippen LogP contribution in [-0.2, 0) is 4.74 Å². The van der Waals surface area contributed by atoms with Crippen molar-refractivity contribution in [3.63, 3.8) is 0 Å². The van der Waals surface area contributed by atoms with Crippen LogP contribution >= 0.6 is 0 Å². The molecule has 5 nitrogen and oxygen atoms in total.